The summed E-state index contributed by atoms with van der Waals surface area (Å²) in [5.41, 5.74) is 6.31. The van der Waals surface area contributed by atoms with Gasteiger partial charge in [-0.05, 0) is 48.6 Å². The number of hydrogen-bond donors (Lipinski definition) is 3. The van der Waals surface area contributed by atoms with Crippen molar-refractivity contribution in [2.24, 2.45) is 0 Å². The fourth-order valence-electron chi connectivity index (χ4n) is 4.47. The van der Waals surface area contributed by atoms with Crippen LogP contribution in [0.4, 0.5) is 5.69 Å². The number of hydrogen-bond acceptors (Lipinski definition) is 5. The normalized spacial score (nSPS) is 12.7. The van der Waals surface area contributed by atoms with Crippen molar-refractivity contribution in [3.05, 3.63) is 89.1 Å². The molecule has 0 atom stereocenters. The first-order valence-corrected chi connectivity index (χ1v) is 12.4. The molecule has 0 bridgehead atoms. The number of rotatable bonds is 8. The predicted molar refractivity (Wildman–Crippen MR) is 146 cm³/mol. The second-order valence-electron chi connectivity index (χ2n) is 9.31. The molecule has 0 aliphatic heterocycles. The summed E-state index contributed by atoms with van der Waals surface area (Å²) in [6, 6.07) is 19.9. The maximum atomic E-state index is 13.2. The molecule has 4 aromatic rings. The summed E-state index contributed by atoms with van der Waals surface area (Å²) < 4.78 is 5.74. The van der Waals surface area contributed by atoms with E-state index in [2.05, 4.69) is 20.9 Å². The molecular weight excluding hydrogens is 464 g/mol. The standard InChI is InChI=1S/C30H30N4O3/c1-18-13-20(9-12-22(18)29(35)31-2)23-14-24-26(15-27(23)37-3)32-17-25(30(36)34-21-10-11-21)28(24)33-16-19-7-5-4-6-8-19/h4-9,12-15,17,21H,10-11,16H2,1-3H3,(H,31,35)(H,32,33)(H,34,36). The molecule has 3 aromatic carbocycles. The number of aryl methyl sites for hydroxylation is 1. The van der Waals surface area contributed by atoms with Crippen molar-refractivity contribution in [2.45, 2.75) is 32.4 Å². The smallest absolute Gasteiger partial charge is 0.255 e. The van der Waals surface area contributed by atoms with Crippen molar-refractivity contribution in [1.82, 2.24) is 15.6 Å². The minimum atomic E-state index is -0.129. The summed E-state index contributed by atoms with van der Waals surface area (Å²) in [5.74, 6) is 0.407. The first-order valence-electron chi connectivity index (χ1n) is 12.4. The summed E-state index contributed by atoms with van der Waals surface area (Å²) in [6.45, 7) is 2.47. The topological polar surface area (TPSA) is 92.4 Å². The third-order valence-electron chi connectivity index (χ3n) is 6.67. The Morgan fingerprint density at radius 1 is 1.00 bits per heavy atom. The van der Waals surface area contributed by atoms with Crippen LogP contribution < -0.4 is 20.7 Å². The van der Waals surface area contributed by atoms with Crippen molar-refractivity contribution in [2.75, 3.05) is 19.5 Å². The first kappa shape index (κ1) is 24.3. The van der Waals surface area contributed by atoms with Crippen LogP contribution in [-0.4, -0.2) is 37.0 Å². The van der Waals surface area contributed by atoms with Gasteiger partial charge >= 0.3 is 0 Å². The van der Waals surface area contributed by atoms with Crippen molar-refractivity contribution < 1.29 is 14.3 Å². The number of nitrogens with zero attached hydrogens (tertiary/aromatic N) is 1. The molecule has 0 unspecified atom stereocenters. The van der Waals surface area contributed by atoms with Crippen LogP contribution in [0.5, 0.6) is 5.75 Å². The molecule has 7 nitrogen and oxygen atoms in total. The van der Waals surface area contributed by atoms with Gasteiger partial charge < -0.3 is 20.7 Å². The van der Waals surface area contributed by atoms with E-state index in [1.807, 2.05) is 67.6 Å². The molecule has 37 heavy (non-hydrogen) atoms. The number of aromatic nitrogens is 1. The number of amides is 2. The lowest BCUT2D eigenvalue weighted by Crippen LogP contribution is -2.26. The number of carbonyl (C=O) groups is 2. The van der Waals surface area contributed by atoms with E-state index in [9.17, 15) is 9.59 Å². The van der Waals surface area contributed by atoms with Crippen molar-refractivity contribution in [3.8, 4) is 16.9 Å². The maximum absolute atomic E-state index is 13.2. The molecule has 1 heterocycles. The number of ether oxygens (including phenoxy) is 1. The van der Waals surface area contributed by atoms with Crippen LogP contribution in [0.25, 0.3) is 22.0 Å². The average Bonchev–Trinajstić information content (AvgIpc) is 3.74. The number of anilines is 1. The summed E-state index contributed by atoms with van der Waals surface area (Å²) in [4.78, 5) is 30.0. The zero-order valence-corrected chi connectivity index (χ0v) is 21.2. The van der Waals surface area contributed by atoms with Gasteiger partial charge in [-0.1, -0.05) is 42.5 Å². The number of fused-ring (bicyclic) bond motifs is 1. The minimum Gasteiger partial charge on any atom is -0.496 e. The Kier molecular flexibility index (Phi) is 6.77. The molecule has 0 radical (unpaired) electrons. The van der Waals surface area contributed by atoms with E-state index in [-0.39, 0.29) is 17.9 Å². The van der Waals surface area contributed by atoms with E-state index in [1.54, 1.807) is 20.4 Å². The molecule has 0 saturated heterocycles. The van der Waals surface area contributed by atoms with Gasteiger partial charge in [0.1, 0.15) is 5.75 Å². The summed E-state index contributed by atoms with van der Waals surface area (Å²) in [7, 11) is 3.25. The van der Waals surface area contributed by atoms with Crippen LogP contribution in [0.3, 0.4) is 0 Å². The monoisotopic (exact) mass is 494 g/mol. The van der Waals surface area contributed by atoms with Gasteiger partial charge in [-0.25, -0.2) is 0 Å². The molecule has 1 aliphatic rings. The Morgan fingerprint density at radius 3 is 2.46 bits per heavy atom. The highest BCUT2D eigenvalue weighted by molar-refractivity contribution is 6.08. The molecule has 7 heteroatoms. The van der Waals surface area contributed by atoms with Gasteiger partial charge in [0, 0.05) is 48.4 Å². The number of benzene rings is 3. The molecule has 1 saturated carbocycles. The molecule has 5 rings (SSSR count). The van der Waals surface area contributed by atoms with Gasteiger partial charge in [0.25, 0.3) is 11.8 Å². The zero-order chi connectivity index (χ0) is 25.9. The largest absolute Gasteiger partial charge is 0.496 e. The fourth-order valence-corrected chi connectivity index (χ4v) is 4.47. The minimum absolute atomic E-state index is 0.127. The van der Waals surface area contributed by atoms with Gasteiger partial charge in [0.2, 0.25) is 0 Å². The van der Waals surface area contributed by atoms with Crippen molar-refractivity contribution >= 4 is 28.4 Å². The van der Waals surface area contributed by atoms with Crippen LogP contribution in [0.15, 0.2) is 66.9 Å². The van der Waals surface area contributed by atoms with Crippen LogP contribution in [-0.2, 0) is 6.54 Å². The number of methoxy groups -OCH3 is 1. The second kappa shape index (κ2) is 10.3. The van der Waals surface area contributed by atoms with E-state index in [1.165, 1.54) is 0 Å². The summed E-state index contributed by atoms with van der Waals surface area (Å²) >= 11 is 0. The van der Waals surface area contributed by atoms with Crippen LogP contribution in [0, 0.1) is 6.92 Å². The van der Waals surface area contributed by atoms with E-state index < -0.39 is 0 Å². The van der Waals surface area contributed by atoms with E-state index in [0.717, 1.165) is 51.7 Å². The van der Waals surface area contributed by atoms with Gasteiger partial charge in [0.05, 0.1) is 23.9 Å². The van der Waals surface area contributed by atoms with E-state index in [0.29, 0.717) is 23.4 Å². The van der Waals surface area contributed by atoms with Crippen LogP contribution >= 0.6 is 0 Å². The Labute approximate surface area is 216 Å². The predicted octanol–water partition coefficient (Wildman–Crippen LogP) is 5.08. The quantitative estimate of drug-likeness (QED) is 0.318. The average molecular weight is 495 g/mol. The van der Waals surface area contributed by atoms with Gasteiger partial charge in [-0.2, -0.15) is 0 Å². The third kappa shape index (κ3) is 5.11. The van der Waals surface area contributed by atoms with E-state index >= 15 is 0 Å². The van der Waals surface area contributed by atoms with Crippen LogP contribution in [0.2, 0.25) is 0 Å². The SMILES string of the molecule is CNC(=O)c1ccc(-c2cc3c(NCc4ccccc4)c(C(=O)NC4CC4)cnc3cc2OC)cc1C. The highest BCUT2D eigenvalue weighted by Gasteiger charge is 2.26. The van der Waals surface area contributed by atoms with E-state index in [4.69, 9.17) is 4.74 Å². The number of carbonyl (C=O) groups excluding carboxylic acids is 2. The van der Waals surface area contributed by atoms with Gasteiger partial charge in [-0.15, -0.1) is 0 Å². The maximum Gasteiger partial charge on any atom is 0.255 e. The Morgan fingerprint density at radius 2 is 1.78 bits per heavy atom. The van der Waals surface area contributed by atoms with Crippen molar-refractivity contribution in [1.29, 1.82) is 0 Å². The molecule has 188 valence electrons. The molecule has 2 amide bonds. The first-order chi connectivity index (χ1) is 18.0. The fraction of sp³-hybridized carbons (Fsp3) is 0.233. The lowest BCUT2D eigenvalue weighted by atomic mass is 9.96. The second-order valence-corrected chi connectivity index (χ2v) is 9.31. The van der Waals surface area contributed by atoms with Gasteiger partial charge in [-0.3, -0.25) is 14.6 Å². The molecule has 0 spiro atoms. The van der Waals surface area contributed by atoms with Crippen molar-refractivity contribution in [3.63, 3.8) is 0 Å². The molecule has 1 aliphatic carbocycles. The zero-order valence-electron chi connectivity index (χ0n) is 21.2. The lowest BCUT2D eigenvalue weighted by Gasteiger charge is -2.18. The highest BCUT2D eigenvalue weighted by atomic mass is 16.5. The lowest BCUT2D eigenvalue weighted by molar-refractivity contribution is 0.0947. The molecule has 1 fully saturated rings. The Bertz CT molecular complexity index is 1480. The highest BCUT2D eigenvalue weighted by Crippen LogP contribution is 2.38. The molecule has 1 aromatic heterocycles. The Hall–Kier alpha value is -4.39. The summed E-state index contributed by atoms with van der Waals surface area (Å²) in [5, 5.41) is 10.1. The Balaban J connectivity index is 1.63. The molecular formula is C30H30N4O3. The number of nitrogens with one attached hydrogen (secondary N) is 3. The number of pyridine rings is 1. The third-order valence-corrected chi connectivity index (χ3v) is 6.67. The molecule has 3 N–H and O–H groups in total. The van der Waals surface area contributed by atoms with Crippen LogP contribution in [0.1, 0.15) is 44.7 Å². The summed E-state index contributed by atoms with van der Waals surface area (Å²) in [6.07, 6.45) is 3.65. The van der Waals surface area contributed by atoms with Gasteiger partial charge in [0.15, 0.2) is 0 Å².